The number of nitrogens with zero attached hydrogens (tertiary/aromatic N) is 3. The molecule has 5 rings (SSSR count). The van der Waals surface area contributed by atoms with Crippen LogP contribution in [-0.2, 0) is 22.4 Å². The lowest BCUT2D eigenvalue weighted by Crippen LogP contribution is -2.34. The van der Waals surface area contributed by atoms with E-state index in [1.807, 2.05) is 13.0 Å². The number of ether oxygens (including phenoxy) is 1. The fourth-order valence-corrected chi connectivity index (χ4v) is 5.14. The summed E-state index contributed by atoms with van der Waals surface area (Å²) in [6.07, 6.45) is 11.2. The molecule has 1 aromatic carbocycles. The van der Waals surface area contributed by atoms with Gasteiger partial charge in [-0.25, -0.2) is 4.99 Å². The summed E-state index contributed by atoms with van der Waals surface area (Å²) in [6, 6.07) is 5.30. The van der Waals surface area contributed by atoms with E-state index in [1.165, 1.54) is 55.6 Å². The third kappa shape index (κ3) is 3.11. The second-order valence-electron chi connectivity index (χ2n) is 8.39. The van der Waals surface area contributed by atoms with E-state index in [2.05, 4.69) is 17.0 Å². The van der Waals surface area contributed by atoms with Gasteiger partial charge in [0.1, 0.15) is 0 Å². The van der Waals surface area contributed by atoms with Crippen molar-refractivity contribution in [3.05, 3.63) is 34.6 Å². The Balaban J connectivity index is 1.46. The van der Waals surface area contributed by atoms with Crippen LogP contribution >= 0.6 is 0 Å². The number of amides is 1. The number of likely N-dealkylation sites (N-methyl/N-ethyl adjacent to an activating group) is 1. The number of carbonyl (C=O) groups is 1. The Hall–Kier alpha value is -2.30. The molecule has 0 unspecified atom stereocenters. The van der Waals surface area contributed by atoms with Gasteiger partial charge in [-0.2, -0.15) is 0 Å². The maximum absolute atomic E-state index is 12.9. The van der Waals surface area contributed by atoms with Crippen molar-refractivity contribution in [1.29, 1.82) is 0 Å². The Morgan fingerprint density at radius 2 is 1.79 bits per heavy atom. The molecule has 0 N–H and O–H groups in total. The van der Waals surface area contributed by atoms with Crippen LogP contribution in [0.15, 0.2) is 22.9 Å². The number of amidine groups is 1. The van der Waals surface area contributed by atoms with Crippen LogP contribution in [0.3, 0.4) is 0 Å². The average Bonchev–Trinajstić information content (AvgIpc) is 3.31. The maximum Gasteiger partial charge on any atom is 0.300 e. The lowest BCUT2D eigenvalue weighted by atomic mass is 9.90. The number of hydrogen-bond acceptors (Lipinski definition) is 4. The first-order chi connectivity index (χ1) is 13.7. The Kier molecular flexibility index (Phi) is 4.61. The van der Waals surface area contributed by atoms with Gasteiger partial charge in [0.15, 0.2) is 5.76 Å². The van der Waals surface area contributed by atoms with E-state index in [4.69, 9.17) is 9.73 Å². The van der Waals surface area contributed by atoms with Crippen LogP contribution in [0.2, 0.25) is 0 Å². The third-order valence-electron chi connectivity index (χ3n) is 6.47. The Morgan fingerprint density at radius 1 is 1.11 bits per heavy atom. The largest absolute Gasteiger partial charge is 0.420 e. The second kappa shape index (κ2) is 7.26. The molecule has 0 atom stereocenters. The van der Waals surface area contributed by atoms with Gasteiger partial charge < -0.3 is 9.64 Å². The van der Waals surface area contributed by atoms with Crippen molar-refractivity contribution in [2.24, 2.45) is 4.99 Å². The number of aryl methyl sites for hydroxylation is 2. The van der Waals surface area contributed by atoms with E-state index >= 15 is 0 Å². The first-order valence-electron chi connectivity index (χ1n) is 10.9. The molecule has 0 bridgehead atoms. The quantitative estimate of drug-likeness (QED) is 0.748. The van der Waals surface area contributed by atoms with Crippen LogP contribution in [0.5, 0.6) is 0 Å². The average molecular weight is 380 g/mol. The Morgan fingerprint density at radius 3 is 2.43 bits per heavy atom. The van der Waals surface area contributed by atoms with Gasteiger partial charge in [0.2, 0.25) is 0 Å². The summed E-state index contributed by atoms with van der Waals surface area (Å²) in [6.45, 7) is 4.92. The number of aliphatic imine (C=N–C) groups is 1. The zero-order valence-corrected chi connectivity index (χ0v) is 16.7. The molecular formula is C23H29N3O2. The Labute approximate surface area is 167 Å². The fraction of sp³-hybridized carbons (Fsp3) is 0.565. The summed E-state index contributed by atoms with van der Waals surface area (Å²) in [5.41, 5.74) is 5.39. The molecule has 1 saturated heterocycles. The van der Waals surface area contributed by atoms with Crippen molar-refractivity contribution in [1.82, 2.24) is 4.90 Å². The predicted octanol–water partition coefficient (Wildman–Crippen LogP) is 3.90. The first-order valence-corrected chi connectivity index (χ1v) is 10.9. The number of benzene rings is 1. The molecule has 3 aliphatic heterocycles. The Bertz CT molecular complexity index is 820. The molecule has 1 aliphatic carbocycles. The highest BCUT2D eigenvalue weighted by Crippen LogP contribution is 2.37. The number of rotatable bonds is 3. The van der Waals surface area contributed by atoms with E-state index in [0.717, 1.165) is 31.2 Å². The van der Waals surface area contributed by atoms with E-state index in [-0.39, 0.29) is 5.91 Å². The van der Waals surface area contributed by atoms with Crippen molar-refractivity contribution >= 4 is 23.7 Å². The summed E-state index contributed by atoms with van der Waals surface area (Å²) in [5, 5.41) is 0. The van der Waals surface area contributed by atoms with Crippen molar-refractivity contribution in [3.8, 4) is 0 Å². The molecule has 0 aromatic heterocycles. The normalized spacial score (nSPS) is 25.0. The molecule has 0 radical (unpaired) electrons. The topological polar surface area (TPSA) is 45.1 Å². The molecule has 3 heterocycles. The zero-order valence-electron chi connectivity index (χ0n) is 16.7. The van der Waals surface area contributed by atoms with E-state index in [0.29, 0.717) is 24.4 Å². The van der Waals surface area contributed by atoms with Gasteiger partial charge >= 0.3 is 6.02 Å². The molecule has 5 heteroatoms. The van der Waals surface area contributed by atoms with Crippen LogP contribution in [0.1, 0.15) is 62.1 Å². The molecule has 2 fully saturated rings. The number of anilines is 1. The van der Waals surface area contributed by atoms with Gasteiger partial charge in [0.05, 0.1) is 6.04 Å². The number of carbonyl (C=O) groups excluding carboxylic acids is 1. The zero-order chi connectivity index (χ0) is 19.1. The van der Waals surface area contributed by atoms with Gasteiger partial charge in [0.25, 0.3) is 5.91 Å². The molecule has 4 aliphatic rings. The predicted molar refractivity (Wildman–Crippen MR) is 111 cm³/mol. The summed E-state index contributed by atoms with van der Waals surface area (Å²) < 4.78 is 5.97. The SMILES string of the molecule is CCN1C(=O)/C(=C\c2cc3c4c(c2)CCCN4CCC3)OC1=NC1CCCC1. The van der Waals surface area contributed by atoms with Crippen LogP contribution in [-0.4, -0.2) is 42.5 Å². The lowest BCUT2D eigenvalue weighted by Gasteiger charge is -2.37. The minimum atomic E-state index is -0.0627. The summed E-state index contributed by atoms with van der Waals surface area (Å²) in [5.74, 6) is 0.349. The molecule has 28 heavy (non-hydrogen) atoms. The molecule has 5 nitrogen and oxygen atoms in total. The van der Waals surface area contributed by atoms with Crippen LogP contribution in [0.25, 0.3) is 6.08 Å². The summed E-state index contributed by atoms with van der Waals surface area (Å²) >= 11 is 0. The van der Waals surface area contributed by atoms with Gasteiger partial charge in [-0.15, -0.1) is 0 Å². The summed E-state index contributed by atoms with van der Waals surface area (Å²) in [4.78, 5) is 21.8. The third-order valence-corrected chi connectivity index (χ3v) is 6.47. The minimum absolute atomic E-state index is 0.0627. The second-order valence-corrected chi connectivity index (χ2v) is 8.39. The van der Waals surface area contributed by atoms with Crippen LogP contribution in [0.4, 0.5) is 5.69 Å². The lowest BCUT2D eigenvalue weighted by molar-refractivity contribution is -0.122. The van der Waals surface area contributed by atoms with Gasteiger partial charge in [-0.3, -0.25) is 9.69 Å². The van der Waals surface area contributed by atoms with Gasteiger partial charge in [-0.05, 0) is 80.3 Å². The van der Waals surface area contributed by atoms with E-state index in [1.54, 1.807) is 4.90 Å². The molecule has 0 spiro atoms. The molecule has 1 aromatic rings. The highest BCUT2D eigenvalue weighted by molar-refractivity contribution is 6.11. The van der Waals surface area contributed by atoms with E-state index in [9.17, 15) is 4.79 Å². The smallest absolute Gasteiger partial charge is 0.300 e. The molecule has 1 saturated carbocycles. The highest BCUT2D eigenvalue weighted by Gasteiger charge is 2.35. The molecule has 1 amide bonds. The molecular weight excluding hydrogens is 350 g/mol. The minimum Gasteiger partial charge on any atom is -0.420 e. The van der Waals surface area contributed by atoms with Crippen molar-refractivity contribution in [2.45, 2.75) is 64.3 Å². The first kappa shape index (κ1) is 17.8. The van der Waals surface area contributed by atoms with E-state index < -0.39 is 0 Å². The van der Waals surface area contributed by atoms with Crippen LogP contribution < -0.4 is 4.90 Å². The van der Waals surface area contributed by atoms with Crippen LogP contribution in [0, 0.1) is 0 Å². The number of hydrogen-bond donors (Lipinski definition) is 0. The highest BCUT2D eigenvalue weighted by atomic mass is 16.5. The van der Waals surface area contributed by atoms with Gasteiger partial charge in [-0.1, -0.05) is 12.8 Å². The van der Waals surface area contributed by atoms with Crippen molar-refractivity contribution in [3.63, 3.8) is 0 Å². The van der Waals surface area contributed by atoms with Crippen molar-refractivity contribution < 1.29 is 9.53 Å². The molecule has 148 valence electrons. The fourth-order valence-electron chi connectivity index (χ4n) is 5.14. The van der Waals surface area contributed by atoms with Crippen molar-refractivity contribution in [2.75, 3.05) is 24.5 Å². The summed E-state index contributed by atoms with van der Waals surface area (Å²) in [7, 11) is 0. The standard InChI is InChI=1S/C23H29N3O2/c1-2-26-22(27)20(28-23(26)24-19-9-3-4-10-19)15-16-13-17-7-5-11-25-12-6-8-18(14-16)21(17)25/h13-15,19H,2-12H2,1H3/b20-15+,24-23?. The monoisotopic (exact) mass is 379 g/mol. The van der Waals surface area contributed by atoms with Gasteiger partial charge in [0, 0.05) is 25.3 Å². The maximum atomic E-state index is 12.9.